The predicted molar refractivity (Wildman–Crippen MR) is 102 cm³/mol. The van der Waals surface area contributed by atoms with Crippen LogP contribution in [-0.4, -0.2) is 27.3 Å². The third-order valence-electron chi connectivity index (χ3n) is 4.52. The zero-order chi connectivity index (χ0) is 19.6. The molecule has 0 saturated heterocycles. The van der Waals surface area contributed by atoms with Crippen LogP contribution in [0.2, 0.25) is 0 Å². The molecule has 6 heteroatoms. The maximum absolute atomic E-state index is 13.1. The van der Waals surface area contributed by atoms with Gasteiger partial charge in [-0.1, -0.05) is 42.0 Å². The molecule has 0 saturated carbocycles. The minimum Gasteiger partial charge on any atom is -0.384 e. The van der Waals surface area contributed by atoms with E-state index >= 15 is 0 Å². The van der Waals surface area contributed by atoms with Crippen molar-refractivity contribution >= 4 is 5.91 Å². The molecule has 0 radical (unpaired) electrons. The number of hydrogen-bond acceptors (Lipinski definition) is 3. The molecule has 0 spiro atoms. The van der Waals surface area contributed by atoms with E-state index in [1.807, 2.05) is 31.2 Å². The molecule has 2 N–H and O–H groups in total. The van der Waals surface area contributed by atoms with Gasteiger partial charge in [-0.25, -0.2) is 4.39 Å². The monoisotopic (exact) mass is 367 g/mol. The lowest BCUT2D eigenvalue weighted by atomic mass is 9.96. The summed E-state index contributed by atoms with van der Waals surface area (Å²) in [6.07, 6.45) is 0. The second-order valence-corrected chi connectivity index (χ2v) is 6.87. The van der Waals surface area contributed by atoms with Gasteiger partial charge in [0, 0.05) is 7.05 Å². The highest BCUT2D eigenvalue weighted by Gasteiger charge is 2.25. The summed E-state index contributed by atoms with van der Waals surface area (Å²) in [7, 11) is 1.78. The van der Waals surface area contributed by atoms with Crippen molar-refractivity contribution in [1.29, 1.82) is 0 Å². The Bertz CT molecular complexity index is 945. The van der Waals surface area contributed by atoms with Crippen molar-refractivity contribution in [2.45, 2.75) is 19.4 Å². The smallest absolute Gasteiger partial charge is 0.271 e. The summed E-state index contributed by atoms with van der Waals surface area (Å²) in [5.41, 5.74) is 2.41. The Hall–Kier alpha value is -2.99. The van der Waals surface area contributed by atoms with Gasteiger partial charge in [0.05, 0.1) is 12.2 Å². The van der Waals surface area contributed by atoms with Gasteiger partial charge in [-0.3, -0.25) is 9.48 Å². The van der Waals surface area contributed by atoms with E-state index < -0.39 is 5.60 Å². The van der Waals surface area contributed by atoms with Crippen molar-refractivity contribution in [2.24, 2.45) is 7.05 Å². The second kappa shape index (κ2) is 7.32. The van der Waals surface area contributed by atoms with Gasteiger partial charge in [0.25, 0.3) is 5.91 Å². The first-order valence-corrected chi connectivity index (χ1v) is 8.64. The molecule has 0 bridgehead atoms. The number of aliphatic hydroxyl groups is 1. The molecule has 0 fully saturated rings. The van der Waals surface area contributed by atoms with Gasteiger partial charge in [0.1, 0.15) is 11.4 Å². The van der Waals surface area contributed by atoms with Gasteiger partial charge >= 0.3 is 0 Å². The number of benzene rings is 2. The lowest BCUT2D eigenvalue weighted by molar-refractivity contribution is 0.0524. The summed E-state index contributed by atoms with van der Waals surface area (Å²) < 4.78 is 14.7. The summed E-state index contributed by atoms with van der Waals surface area (Å²) in [6, 6.07) is 15.2. The number of halogens is 1. The molecule has 5 nitrogen and oxygen atoms in total. The first-order chi connectivity index (χ1) is 12.8. The molecule has 1 heterocycles. The normalized spacial score (nSPS) is 13.2. The van der Waals surface area contributed by atoms with E-state index in [-0.39, 0.29) is 24.0 Å². The van der Waals surface area contributed by atoms with E-state index in [2.05, 4.69) is 10.4 Å². The summed E-state index contributed by atoms with van der Waals surface area (Å²) >= 11 is 0. The van der Waals surface area contributed by atoms with Crippen LogP contribution >= 0.6 is 0 Å². The maximum Gasteiger partial charge on any atom is 0.271 e. The van der Waals surface area contributed by atoms with Crippen molar-refractivity contribution in [3.05, 3.63) is 77.2 Å². The van der Waals surface area contributed by atoms with Gasteiger partial charge in [0.15, 0.2) is 5.69 Å². The van der Waals surface area contributed by atoms with Crippen molar-refractivity contribution in [3.8, 4) is 11.3 Å². The fraction of sp³-hybridized carbons (Fsp3) is 0.238. The third kappa shape index (κ3) is 4.23. The van der Waals surface area contributed by atoms with Crippen molar-refractivity contribution < 1.29 is 14.3 Å². The van der Waals surface area contributed by atoms with Crippen LogP contribution < -0.4 is 5.32 Å². The minimum atomic E-state index is -1.32. The number of carbonyl (C=O) groups excluding carboxylic acids is 1. The Balaban J connectivity index is 1.72. The number of amides is 1. The highest BCUT2D eigenvalue weighted by Crippen LogP contribution is 2.22. The van der Waals surface area contributed by atoms with E-state index in [0.717, 1.165) is 16.8 Å². The van der Waals surface area contributed by atoms with Gasteiger partial charge < -0.3 is 10.4 Å². The minimum absolute atomic E-state index is 0.0199. The molecular weight excluding hydrogens is 345 g/mol. The van der Waals surface area contributed by atoms with E-state index in [1.165, 1.54) is 24.3 Å². The quantitative estimate of drug-likeness (QED) is 0.728. The number of hydrogen-bond donors (Lipinski definition) is 2. The van der Waals surface area contributed by atoms with Crippen LogP contribution in [0.1, 0.15) is 28.5 Å². The fourth-order valence-electron chi connectivity index (χ4n) is 2.83. The highest BCUT2D eigenvalue weighted by atomic mass is 19.1. The summed E-state index contributed by atoms with van der Waals surface area (Å²) in [4.78, 5) is 12.5. The number of rotatable bonds is 5. The van der Waals surface area contributed by atoms with Crippen LogP contribution in [0.4, 0.5) is 4.39 Å². The zero-order valence-electron chi connectivity index (χ0n) is 15.5. The zero-order valence-corrected chi connectivity index (χ0v) is 15.5. The molecule has 0 aliphatic carbocycles. The third-order valence-corrected chi connectivity index (χ3v) is 4.52. The largest absolute Gasteiger partial charge is 0.384 e. The Kier molecular flexibility index (Phi) is 5.10. The SMILES string of the molecule is Cc1ccc(-c2cc(C(=O)NCC(C)(O)c3ccc(F)cc3)nn2C)cc1. The molecule has 140 valence electrons. The number of aryl methyl sites for hydroxylation is 2. The van der Waals surface area contributed by atoms with E-state index in [4.69, 9.17) is 0 Å². The van der Waals surface area contributed by atoms with Gasteiger partial charge in [0.2, 0.25) is 0 Å². The lowest BCUT2D eigenvalue weighted by Crippen LogP contribution is -2.38. The summed E-state index contributed by atoms with van der Waals surface area (Å²) in [5.74, 6) is -0.762. The van der Waals surface area contributed by atoms with Crippen LogP contribution in [0.15, 0.2) is 54.6 Å². The van der Waals surface area contributed by atoms with Crippen LogP contribution in [-0.2, 0) is 12.6 Å². The number of nitrogens with one attached hydrogen (secondary N) is 1. The topological polar surface area (TPSA) is 67.2 Å². The average molecular weight is 367 g/mol. The first-order valence-electron chi connectivity index (χ1n) is 8.64. The lowest BCUT2D eigenvalue weighted by Gasteiger charge is -2.24. The Morgan fingerprint density at radius 1 is 1.19 bits per heavy atom. The van der Waals surface area contributed by atoms with Crippen molar-refractivity contribution in [1.82, 2.24) is 15.1 Å². The molecule has 0 aliphatic rings. The van der Waals surface area contributed by atoms with E-state index in [1.54, 1.807) is 24.7 Å². The molecule has 1 amide bonds. The Labute approximate surface area is 157 Å². The molecule has 27 heavy (non-hydrogen) atoms. The summed E-state index contributed by atoms with van der Waals surface area (Å²) in [6.45, 7) is 3.56. The predicted octanol–water partition coefficient (Wildman–Crippen LogP) is 3.17. The summed E-state index contributed by atoms with van der Waals surface area (Å²) in [5, 5.41) is 17.5. The van der Waals surface area contributed by atoms with E-state index in [9.17, 15) is 14.3 Å². The van der Waals surface area contributed by atoms with Gasteiger partial charge in [-0.05, 0) is 43.2 Å². The second-order valence-electron chi connectivity index (χ2n) is 6.87. The average Bonchev–Trinajstić information content (AvgIpc) is 3.03. The van der Waals surface area contributed by atoms with Crippen LogP contribution in [0, 0.1) is 12.7 Å². The Morgan fingerprint density at radius 2 is 1.81 bits per heavy atom. The molecule has 1 atom stereocenters. The molecule has 3 aromatic rings. The van der Waals surface area contributed by atoms with E-state index in [0.29, 0.717) is 5.56 Å². The van der Waals surface area contributed by atoms with Crippen LogP contribution in [0.3, 0.4) is 0 Å². The molecule has 0 aliphatic heterocycles. The van der Waals surface area contributed by atoms with Crippen molar-refractivity contribution in [3.63, 3.8) is 0 Å². The van der Waals surface area contributed by atoms with Gasteiger partial charge in [-0.2, -0.15) is 5.10 Å². The van der Waals surface area contributed by atoms with Crippen LogP contribution in [0.5, 0.6) is 0 Å². The van der Waals surface area contributed by atoms with Crippen molar-refractivity contribution in [2.75, 3.05) is 6.54 Å². The Morgan fingerprint density at radius 3 is 2.44 bits per heavy atom. The molecule has 1 unspecified atom stereocenters. The number of aromatic nitrogens is 2. The molecule has 1 aromatic heterocycles. The fourth-order valence-corrected chi connectivity index (χ4v) is 2.83. The first kappa shape index (κ1) is 18.8. The molecule has 3 rings (SSSR count). The number of nitrogens with zero attached hydrogens (tertiary/aromatic N) is 2. The maximum atomic E-state index is 13.1. The van der Waals surface area contributed by atoms with Crippen LogP contribution in [0.25, 0.3) is 11.3 Å². The molecular formula is C21H22FN3O2. The highest BCUT2D eigenvalue weighted by molar-refractivity contribution is 5.93. The molecule has 2 aromatic carbocycles. The van der Waals surface area contributed by atoms with Gasteiger partial charge in [-0.15, -0.1) is 0 Å². The standard InChI is InChI=1S/C21H22FN3O2/c1-14-4-6-15(7-5-14)19-12-18(24-25(19)3)20(26)23-13-21(2,27)16-8-10-17(22)11-9-16/h4-12,27H,13H2,1-3H3,(H,23,26). The number of carbonyl (C=O) groups is 1.